The molecule has 0 unspecified atom stereocenters. The first-order valence-corrected chi connectivity index (χ1v) is 9.78. The van der Waals surface area contributed by atoms with Crippen LogP contribution in [0.5, 0.6) is 0 Å². The maximum Gasteiger partial charge on any atom is 0.230 e. The fourth-order valence-electron chi connectivity index (χ4n) is 3.25. The van der Waals surface area contributed by atoms with E-state index in [-0.39, 0.29) is 5.91 Å². The summed E-state index contributed by atoms with van der Waals surface area (Å²) in [4.78, 5) is 14.8. The van der Waals surface area contributed by atoms with Gasteiger partial charge in [0.05, 0.1) is 11.4 Å². The van der Waals surface area contributed by atoms with Gasteiger partial charge in [-0.05, 0) is 48.2 Å². The van der Waals surface area contributed by atoms with Crippen molar-refractivity contribution >= 4 is 17.7 Å². The molecular formula is C17H22N6OS. The summed E-state index contributed by atoms with van der Waals surface area (Å²) in [6.45, 7) is 2.21. The molecule has 4 rings (SSSR count). The van der Waals surface area contributed by atoms with Crippen LogP contribution in [0, 0.1) is 0 Å². The van der Waals surface area contributed by atoms with Crippen LogP contribution in [0.4, 0.5) is 0 Å². The monoisotopic (exact) mass is 358 g/mol. The van der Waals surface area contributed by atoms with E-state index in [2.05, 4.69) is 25.7 Å². The molecule has 1 saturated heterocycles. The molecule has 0 spiro atoms. The molecule has 2 aliphatic rings. The van der Waals surface area contributed by atoms with Crippen molar-refractivity contribution in [2.75, 3.05) is 18.8 Å². The Bertz CT molecular complexity index is 709. The van der Waals surface area contributed by atoms with Gasteiger partial charge in [-0.3, -0.25) is 4.79 Å². The van der Waals surface area contributed by atoms with Gasteiger partial charge in [0.15, 0.2) is 0 Å². The molecule has 7 nitrogen and oxygen atoms in total. The Balaban J connectivity index is 1.26. The molecule has 1 saturated carbocycles. The highest BCUT2D eigenvalue weighted by Crippen LogP contribution is 2.29. The van der Waals surface area contributed by atoms with E-state index in [9.17, 15) is 4.79 Å². The van der Waals surface area contributed by atoms with Gasteiger partial charge in [-0.25, -0.2) is 0 Å². The number of hydrogen-bond acceptors (Lipinski definition) is 6. The van der Waals surface area contributed by atoms with Gasteiger partial charge in [0.2, 0.25) is 11.1 Å². The lowest BCUT2D eigenvalue weighted by Crippen LogP contribution is -2.45. The molecule has 132 valence electrons. The summed E-state index contributed by atoms with van der Waals surface area (Å²) >= 11 is 1.37. The van der Waals surface area contributed by atoms with Crippen LogP contribution in [0.3, 0.4) is 0 Å². The molecule has 2 fully saturated rings. The quantitative estimate of drug-likeness (QED) is 0.789. The number of nitrogens with one attached hydrogen (secondary N) is 1. The molecule has 1 aromatic carbocycles. The summed E-state index contributed by atoms with van der Waals surface area (Å²) in [5.74, 6) is 0.383. The van der Waals surface area contributed by atoms with Gasteiger partial charge in [0, 0.05) is 25.2 Å². The molecule has 1 aromatic heterocycles. The number of piperidine rings is 1. The predicted octanol–water partition coefficient (Wildman–Crippen LogP) is 1.50. The largest absolute Gasteiger partial charge is 0.353 e. The summed E-state index contributed by atoms with van der Waals surface area (Å²) in [5, 5.41) is 15.5. The van der Waals surface area contributed by atoms with Gasteiger partial charge in [0.1, 0.15) is 0 Å². The van der Waals surface area contributed by atoms with Crippen LogP contribution >= 0.6 is 11.8 Å². The number of rotatable bonds is 6. The topological polar surface area (TPSA) is 75.9 Å². The van der Waals surface area contributed by atoms with Crippen LogP contribution in [0.25, 0.3) is 5.69 Å². The van der Waals surface area contributed by atoms with Gasteiger partial charge >= 0.3 is 0 Å². The molecule has 1 aliphatic heterocycles. The van der Waals surface area contributed by atoms with Crippen LogP contribution in [0.15, 0.2) is 35.5 Å². The fraction of sp³-hybridized carbons (Fsp3) is 0.529. The number of nitrogens with zero attached hydrogens (tertiary/aromatic N) is 5. The number of carbonyl (C=O) groups is 1. The Labute approximate surface area is 151 Å². The third-order valence-corrected chi connectivity index (χ3v) is 5.65. The van der Waals surface area contributed by atoms with Crippen LogP contribution < -0.4 is 5.32 Å². The number of carbonyl (C=O) groups excluding carboxylic acids is 1. The Morgan fingerprint density at radius 3 is 2.64 bits per heavy atom. The second kappa shape index (κ2) is 7.53. The van der Waals surface area contributed by atoms with Crippen LogP contribution in [-0.2, 0) is 4.79 Å². The highest BCUT2D eigenvalue weighted by Gasteiger charge is 2.32. The normalized spacial score (nSPS) is 19.0. The second-order valence-corrected chi connectivity index (χ2v) is 7.55. The van der Waals surface area contributed by atoms with Gasteiger partial charge in [-0.1, -0.05) is 30.0 Å². The van der Waals surface area contributed by atoms with Crippen LogP contribution in [0.1, 0.15) is 25.7 Å². The van der Waals surface area contributed by atoms with E-state index in [0.717, 1.165) is 37.7 Å². The van der Waals surface area contributed by atoms with Crippen molar-refractivity contribution in [3.05, 3.63) is 30.3 Å². The molecule has 0 bridgehead atoms. The molecule has 0 radical (unpaired) electrons. The molecule has 2 heterocycles. The Morgan fingerprint density at radius 2 is 1.92 bits per heavy atom. The predicted molar refractivity (Wildman–Crippen MR) is 95.6 cm³/mol. The summed E-state index contributed by atoms with van der Waals surface area (Å²) in [5.41, 5.74) is 0.892. The molecule has 8 heteroatoms. The van der Waals surface area contributed by atoms with Crippen LogP contribution in [0.2, 0.25) is 0 Å². The minimum Gasteiger partial charge on any atom is -0.353 e. The van der Waals surface area contributed by atoms with E-state index in [4.69, 9.17) is 0 Å². The zero-order valence-corrected chi connectivity index (χ0v) is 14.9. The zero-order chi connectivity index (χ0) is 17.1. The highest BCUT2D eigenvalue weighted by molar-refractivity contribution is 7.99. The number of thioether (sulfide) groups is 1. The second-order valence-electron chi connectivity index (χ2n) is 6.61. The third kappa shape index (κ3) is 4.19. The smallest absolute Gasteiger partial charge is 0.230 e. The van der Waals surface area contributed by atoms with E-state index in [0.29, 0.717) is 17.0 Å². The van der Waals surface area contributed by atoms with Crippen molar-refractivity contribution in [2.45, 2.75) is 42.9 Å². The van der Waals surface area contributed by atoms with Crippen molar-refractivity contribution in [2.24, 2.45) is 0 Å². The van der Waals surface area contributed by atoms with E-state index >= 15 is 0 Å². The van der Waals surface area contributed by atoms with Crippen molar-refractivity contribution in [1.29, 1.82) is 0 Å². The number of likely N-dealkylation sites (tertiary alicyclic amines) is 1. The lowest BCUT2D eigenvalue weighted by atomic mass is 10.1. The SMILES string of the molecule is O=C(CSc1nnnn1-c1ccccc1)NC1CCN(C2CC2)CC1. The zero-order valence-electron chi connectivity index (χ0n) is 14.0. The number of para-hydroxylation sites is 1. The first-order valence-electron chi connectivity index (χ1n) is 8.79. The Morgan fingerprint density at radius 1 is 1.16 bits per heavy atom. The summed E-state index contributed by atoms with van der Waals surface area (Å²) < 4.78 is 1.66. The average molecular weight is 358 g/mol. The van der Waals surface area contributed by atoms with Gasteiger partial charge in [-0.2, -0.15) is 4.68 Å². The maximum absolute atomic E-state index is 12.3. The summed E-state index contributed by atoms with van der Waals surface area (Å²) in [7, 11) is 0. The van der Waals surface area contributed by atoms with Crippen molar-refractivity contribution < 1.29 is 4.79 Å². The minimum atomic E-state index is 0.0532. The molecular weight excluding hydrogens is 336 g/mol. The standard InChI is InChI=1S/C17H22N6OS/c24-16(18-13-8-10-22(11-9-13)14-6-7-14)12-25-17-19-20-21-23(17)15-4-2-1-3-5-15/h1-5,13-14H,6-12H2,(H,18,24). The number of aromatic nitrogens is 4. The molecule has 25 heavy (non-hydrogen) atoms. The number of hydrogen-bond donors (Lipinski definition) is 1. The van der Waals surface area contributed by atoms with Crippen molar-refractivity contribution in [3.63, 3.8) is 0 Å². The van der Waals surface area contributed by atoms with Crippen molar-refractivity contribution in [1.82, 2.24) is 30.4 Å². The highest BCUT2D eigenvalue weighted by atomic mass is 32.2. The molecule has 2 aromatic rings. The van der Waals surface area contributed by atoms with Gasteiger partial charge in [0.25, 0.3) is 0 Å². The van der Waals surface area contributed by atoms with Gasteiger partial charge in [-0.15, -0.1) is 5.10 Å². The fourth-order valence-corrected chi connectivity index (χ4v) is 3.95. The Kier molecular flexibility index (Phi) is 4.98. The van der Waals surface area contributed by atoms with E-state index in [1.807, 2.05) is 30.3 Å². The van der Waals surface area contributed by atoms with E-state index in [1.165, 1.54) is 24.6 Å². The number of tetrazole rings is 1. The molecule has 1 aliphatic carbocycles. The van der Waals surface area contributed by atoms with Crippen molar-refractivity contribution in [3.8, 4) is 5.69 Å². The number of benzene rings is 1. The molecule has 0 atom stereocenters. The third-order valence-electron chi connectivity index (χ3n) is 4.73. The first kappa shape index (κ1) is 16.5. The molecule has 1 amide bonds. The van der Waals surface area contributed by atoms with E-state index < -0.39 is 0 Å². The lowest BCUT2D eigenvalue weighted by Gasteiger charge is -2.32. The van der Waals surface area contributed by atoms with E-state index in [1.54, 1.807) is 4.68 Å². The first-order chi connectivity index (χ1) is 12.3. The summed E-state index contributed by atoms with van der Waals surface area (Å²) in [6.07, 6.45) is 4.80. The lowest BCUT2D eigenvalue weighted by molar-refractivity contribution is -0.119. The van der Waals surface area contributed by atoms with Gasteiger partial charge < -0.3 is 10.2 Å². The summed E-state index contributed by atoms with van der Waals surface area (Å²) in [6, 6.07) is 10.8. The number of amides is 1. The molecule has 1 N–H and O–H groups in total. The maximum atomic E-state index is 12.3. The average Bonchev–Trinajstić information content (AvgIpc) is 3.39. The minimum absolute atomic E-state index is 0.0532. The Hall–Kier alpha value is -1.93. The van der Waals surface area contributed by atoms with Crippen LogP contribution in [-0.4, -0.2) is 61.9 Å².